The summed E-state index contributed by atoms with van der Waals surface area (Å²) in [6.07, 6.45) is 6.57. The zero-order valence-electron chi connectivity index (χ0n) is 9.37. The van der Waals surface area contributed by atoms with Gasteiger partial charge in [0.1, 0.15) is 0 Å². The quantitative estimate of drug-likeness (QED) is 0.784. The van der Waals surface area contributed by atoms with Crippen LogP contribution in [0.2, 0.25) is 0 Å². The number of aryl methyl sites for hydroxylation is 1. The van der Waals surface area contributed by atoms with Crippen molar-refractivity contribution in [2.75, 3.05) is 11.9 Å². The van der Waals surface area contributed by atoms with Crippen LogP contribution in [0.3, 0.4) is 0 Å². The molecule has 90 valence electrons. The smallest absolute Gasteiger partial charge is 0.356 e. The first-order valence-corrected chi connectivity index (χ1v) is 5.13. The zero-order chi connectivity index (χ0) is 12.3. The third-order valence-corrected chi connectivity index (χ3v) is 2.33. The van der Waals surface area contributed by atoms with Gasteiger partial charge in [0.25, 0.3) is 0 Å². The number of carbonyl (C=O) groups is 1. The molecule has 0 saturated heterocycles. The summed E-state index contributed by atoms with van der Waals surface area (Å²) in [5, 5.41) is 11.8. The Balaban J connectivity index is 1.86. The van der Waals surface area contributed by atoms with Gasteiger partial charge >= 0.3 is 5.97 Å². The molecule has 2 heterocycles. The van der Waals surface area contributed by atoms with Crippen molar-refractivity contribution in [1.82, 2.24) is 19.1 Å². The van der Waals surface area contributed by atoms with Gasteiger partial charge in [-0.3, -0.25) is 0 Å². The number of hydrogen-bond donors (Lipinski definition) is 2. The number of nitrogens with zero attached hydrogens (tertiary/aromatic N) is 4. The normalized spacial score (nSPS) is 10.4. The lowest BCUT2D eigenvalue weighted by Crippen LogP contribution is -2.12. The van der Waals surface area contributed by atoms with E-state index >= 15 is 0 Å². The molecule has 0 bridgehead atoms. The molecule has 7 nitrogen and oxygen atoms in total. The topological polar surface area (TPSA) is 85.0 Å². The predicted octanol–water partition coefficient (Wildman–Crippen LogP) is 0.427. The fraction of sp³-hybridized carbons (Fsp3) is 0.300. The van der Waals surface area contributed by atoms with Crippen LogP contribution in [0, 0.1) is 0 Å². The second-order valence-electron chi connectivity index (χ2n) is 3.59. The Morgan fingerprint density at radius 2 is 2.35 bits per heavy atom. The molecule has 0 aliphatic rings. The molecule has 0 amide bonds. The van der Waals surface area contributed by atoms with Crippen LogP contribution in [0.4, 0.5) is 5.95 Å². The van der Waals surface area contributed by atoms with Crippen LogP contribution in [-0.2, 0) is 13.6 Å². The van der Waals surface area contributed by atoms with E-state index in [1.165, 1.54) is 12.5 Å². The summed E-state index contributed by atoms with van der Waals surface area (Å²) in [4.78, 5) is 18.5. The molecule has 2 aromatic rings. The second kappa shape index (κ2) is 4.69. The van der Waals surface area contributed by atoms with Crippen molar-refractivity contribution in [3.05, 3.63) is 30.6 Å². The highest BCUT2D eigenvalue weighted by atomic mass is 16.4. The summed E-state index contributed by atoms with van der Waals surface area (Å²) in [7, 11) is 1.90. The molecule has 0 saturated carbocycles. The van der Waals surface area contributed by atoms with E-state index in [0.717, 1.165) is 5.95 Å². The number of hydrogen-bond acceptors (Lipinski definition) is 4. The minimum absolute atomic E-state index is 0.0574. The van der Waals surface area contributed by atoms with E-state index in [0.29, 0.717) is 13.1 Å². The lowest BCUT2D eigenvalue weighted by Gasteiger charge is -2.05. The molecule has 17 heavy (non-hydrogen) atoms. The maximum atomic E-state index is 10.6. The van der Waals surface area contributed by atoms with Crippen LogP contribution in [0.1, 0.15) is 10.5 Å². The van der Waals surface area contributed by atoms with E-state index < -0.39 is 5.97 Å². The average molecular weight is 235 g/mol. The molecule has 0 fully saturated rings. The van der Waals surface area contributed by atoms with Gasteiger partial charge in [0.05, 0.1) is 6.33 Å². The third kappa shape index (κ3) is 2.63. The van der Waals surface area contributed by atoms with Crippen molar-refractivity contribution < 1.29 is 9.90 Å². The van der Waals surface area contributed by atoms with Crippen LogP contribution in [-0.4, -0.2) is 36.7 Å². The fourth-order valence-electron chi connectivity index (χ4n) is 1.43. The lowest BCUT2D eigenvalue weighted by molar-refractivity contribution is 0.0691. The first-order chi connectivity index (χ1) is 8.16. The lowest BCUT2D eigenvalue weighted by atomic mass is 10.5. The van der Waals surface area contributed by atoms with Crippen LogP contribution < -0.4 is 5.32 Å². The van der Waals surface area contributed by atoms with Crippen molar-refractivity contribution in [3.63, 3.8) is 0 Å². The van der Waals surface area contributed by atoms with Gasteiger partial charge in [-0.05, 0) is 0 Å². The average Bonchev–Trinajstić information content (AvgIpc) is 2.89. The standard InChI is InChI=1S/C10H13N5O2/c1-14-4-2-11-10(14)12-3-5-15-6-8(9(16)17)13-7-15/h2,4,6-7H,3,5H2,1H3,(H,11,12)(H,16,17). The largest absolute Gasteiger partial charge is 0.476 e. The van der Waals surface area contributed by atoms with Gasteiger partial charge in [0.2, 0.25) is 5.95 Å². The van der Waals surface area contributed by atoms with Gasteiger partial charge in [-0.2, -0.15) is 0 Å². The summed E-state index contributed by atoms with van der Waals surface area (Å²) >= 11 is 0. The van der Waals surface area contributed by atoms with Gasteiger partial charge in [-0.1, -0.05) is 0 Å². The number of carboxylic acids is 1. The molecular weight excluding hydrogens is 222 g/mol. The minimum Gasteiger partial charge on any atom is -0.476 e. The number of anilines is 1. The third-order valence-electron chi connectivity index (χ3n) is 2.33. The Labute approximate surface area is 97.7 Å². The maximum Gasteiger partial charge on any atom is 0.356 e. The van der Waals surface area contributed by atoms with Crippen molar-refractivity contribution in [2.24, 2.45) is 7.05 Å². The molecule has 2 N–H and O–H groups in total. The van der Waals surface area contributed by atoms with Crippen molar-refractivity contribution in [3.8, 4) is 0 Å². The summed E-state index contributed by atoms with van der Waals surface area (Å²) in [6.45, 7) is 1.29. The number of imidazole rings is 2. The van der Waals surface area contributed by atoms with E-state index in [1.54, 1.807) is 10.8 Å². The van der Waals surface area contributed by atoms with Crippen LogP contribution in [0.5, 0.6) is 0 Å². The van der Waals surface area contributed by atoms with Crippen LogP contribution >= 0.6 is 0 Å². The molecule has 2 rings (SSSR count). The molecule has 7 heteroatoms. The molecular formula is C10H13N5O2. The Hall–Kier alpha value is -2.31. The first-order valence-electron chi connectivity index (χ1n) is 5.13. The Kier molecular flexibility index (Phi) is 3.08. The van der Waals surface area contributed by atoms with Gasteiger partial charge in [-0.25, -0.2) is 14.8 Å². The van der Waals surface area contributed by atoms with Gasteiger partial charge in [0, 0.05) is 38.7 Å². The minimum atomic E-state index is -1.01. The number of nitrogens with one attached hydrogen (secondary N) is 1. The van der Waals surface area contributed by atoms with E-state index in [2.05, 4.69) is 15.3 Å². The molecule has 2 aromatic heterocycles. The van der Waals surface area contributed by atoms with Crippen molar-refractivity contribution >= 4 is 11.9 Å². The van der Waals surface area contributed by atoms with E-state index in [1.807, 2.05) is 17.8 Å². The summed E-state index contributed by atoms with van der Waals surface area (Å²) in [6, 6.07) is 0. The van der Waals surface area contributed by atoms with E-state index in [4.69, 9.17) is 5.11 Å². The van der Waals surface area contributed by atoms with E-state index in [-0.39, 0.29) is 5.69 Å². The molecule has 0 radical (unpaired) electrons. The molecule has 0 spiro atoms. The highest BCUT2D eigenvalue weighted by molar-refractivity contribution is 5.84. The fourth-order valence-corrected chi connectivity index (χ4v) is 1.43. The Morgan fingerprint density at radius 1 is 1.53 bits per heavy atom. The predicted molar refractivity (Wildman–Crippen MR) is 60.9 cm³/mol. The van der Waals surface area contributed by atoms with E-state index in [9.17, 15) is 4.79 Å². The van der Waals surface area contributed by atoms with Gasteiger partial charge in [0.15, 0.2) is 5.69 Å². The summed E-state index contributed by atoms with van der Waals surface area (Å²) < 4.78 is 3.59. The van der Waals surface area contributed by atoms with Gasteiger partial charge < -0.3 is 19.6 Å². The maximum absolute atomic E-state index is 10.6. The highest BCUT2D eigenvalue weighted by Gasteiger charge is 2.06. The molecule has 0 aliphatic heterocycles. The second-order valence-corrected chi connectivity index (χ2v) is 3.59. The van der Waals surface area contributed by atoms with Gasteiger partial charge in [-0.15, -0.1) is 0 Å². The SMILES string of the molecule is Cn1ccnc1NCCn1cnc(C(=O)O)c1. The Morgan fingerprint density at radius 3 is 2.94 bits per heavy atom. The molecule has 0 aromatic carbocycles. The van der Waals surface area contributed by atoms with Crippen molar-refractivity contribution in [2.45, 2.75) is 6.54 Å². The van der Waals surface area contributed by atoms with Crippen LogP contribution in [0.15, 0.2) is 24.9 Å². The number of rotatable bonds is 5. The number of carboxylic acid groups (broad SMARTS) is 1. The zero-order valence-corrected chi connectivity index (χ0v) is 9.37. The number of aromatic nitrogens is 4. The van der Waals surface area contributed by atoms with Crippen molar-refractivity contribution in [1.29, 1.82) is 0 Å². The Bertz CT molecular complexity index is 516. The molecule has 0 aliphatic carbocycles. The molecule has 0 unspecified atom stereocenters. The summed E-state index contributed by atoms with van der Waals surface area (Å²) in [5.74, 6) is -0.232. The summed E-state index contributed by atoms with van der Waals surface area (Å²) in [5.41, 5.74) is 0.0574. The first kappa shape index (κ1) is 11.2. The van der Waals surface area contributed by atoms with Crippen LogP contribution in [0.25, 0.3) is 0 Å². The molecule has 0 atom stereocenters. The number of aromatic carboxylic acids is 1. The highest BCUT2D eigenvalue weighted by Crippen LogP contribution is 2.01. The monoisotopic (exact) mass is 235 g/mol.